The van der Waals surface area contributed by atoms with Crippen LogP contribution in [0.15, 0.2) is 47.4 Å². The average molecular weight is 298 g/mol. The summed E-state index contributed by atoms with van der Waals surface area (Å²) in [5.74, 6) is 0. The molecule has 0 aliphatic heterocycles. The Kier molecular flexibility index (Phi) is 3.99. The molecule has 20 heavy (non-hydrogen) atoms. The second-order valence-electron chi connectivity index (χ2n) is 4.53. The number of aryl methyl sites for hydroxylation is 1. The molecule has 1 atom stereocenters. The molecule has 0 aliphatic rings. The van der Waals surface area contributed by atoms with Crippen LogP contribution in [0.5, 0.6) is 0 Å². The van der Waals surface area contributed by atoms with Crippen molar-refractivity contribution in [3.8, 4) is 11.1 Å². The van der Waals surface area contributed by atoms with Crippen LogP contribution in [-0.4, -0.2) is 10.5 Å². The monoisotopic (exact) mass is 298 g/mol. The Labute approximate surface area is 117 Å². The standard InChI is InChI=1S/C15H13F3OS/c1-10-3-8-13(14(9-10)20(2)19)11-4-6-12(7-5-11)15(16,17)18/h3-9H,1-2H3. The lowest BCUT2D eigenvalue weighted by atomic mass is 10.0. The fraction of sp³-hybridized carbons (Fsp3) is 0.200. The molecule has 1 nitrogen and oxygen atoms in total. The first-order valence-corrected chi connectivity index (χ1v) is 7.46. The second kappa shape index (κ2) is 5.40. The van der Waals surface area contributed by atoms with Crippen molar-refractivity contribution in [2.45, 2.75) is 18.0 Å². The van der Waals surface area contributed by atoms with Gasteiger partial charge in [-0.1, -0.05) is 24.3 Å². The summed E-state index contributed by atoms with van der Waals surface area (Å²) >= 11 is 0. The van der Waals surface area contributed by atoms with Gasteiger partial charge in [-0.25, -0.2) is 0 Å². The molecule has 106 valence electrons. The van der Waals surface area contributed by atoms with Crippen LogP contribution in [0.1, 0.15) is 11.1 Å². The molecule has 0 amide bonds. The first kappa shape index (κ1) is 14.8. The van der Waals surface area contributed by atoms with Gasteiger partial charge >= 0.3 is 6.18 Å². The van der Waals surface area contributed by atoms with Gasteiger partial charge in [0, 0.05) is 11.2 Å². The van der Waals surface area contributed by atoms with Crippen LogP contribution >= 0.6 is 0 Å². The van der Waals surface area contributed by atoms with Crippen molar-refractivity contribution in [1.82, 2.24) is 0 Å². The lowest BCUT2D eigenvalue weighted by Gasteiger charge is -2.11. The van der Waals surface area contributed by atoms with Gasteiger partial charge in [0.05, 0.1) is 16.4 Å². The number of halogens is 3. The van der Waals surface area contributed by atoms with Crippen LogP contribution < -0.4 is 0 Å². The van der Waals surface area contributed by atoms with Crippen molar-refractivity contribution in [2.75, 3.05) is 6.26 Å². The zero-order valence-corrected chi connectivity index (χ0v) is 11.8. The van der Waals surface area contributed by atoms with E-state index >= 15 is 0 Å². The minimum atomic E-state index is -4.35. The third-order valence-electron chi connectivity index (χ3n) is 2.97. The third kappa shape index (κ3) is 3.10. The smallest absolute Gasteiger partial charge is 0.255 e. The molecule has 2 aromatic carbocycles. The highest BCUT2D eigenvalue weighted by molar-refractivity contribution is 7.84. The molecule has 2 rings (SSSR count). The quantitative estimate of drug-likeness (QED) is 0.802. The number of alkyl halides is 3. The van der Waals surface area contributed by atoms with Crippen molar-refractivity contribution in [2.24, 2.45) is 0 Å². The predicted molar refractivity (Wildman–Crippen MR) is 73.9 cm³/mol. The molecule has 0 fully saturated rings. The van der Waals surface area contributed by atoms with Crippen molar-refractivity contribution >= 4 is 10.8 Å². The normalized spacial score (nSPS) is 13.2. The summed E-state index contributed by atoms with van der Waals surface area (Å²) in [6.45, 7) is 1.88. The van der Waals surface area contributed by atoms with Gasteiger partial charge in [-0.05, 0) is 41.8 Å². The number of hydrogen-bond acceptors (Lipinski definition) is 1. The summed E-state index contributed by atoms with van der Waals surface area (Å²) in [5.41, 5.74) is 1.60. The van der Waals surface area contributed by atoms with Crippen molar-refractivity contribution < 1.29 is 17.4 Å². The Hall–Kier alpha value is -1.62. The molecule has 0 radical (unpaired) electrons. The van der Waals surface area contributed by atoms with Gasteiger partial charge in [-0.15, -0.1) is 0 Å². The Bertz CT molecular complexity index is 645. The summed E-state index contributed by atoms with van der Waals surface area (Å²) in [4.78, 5) is 0.629. The Morgan fingerprint density at radius 1 is 1.00 bits per heavy atom. The van der Waals surface area contributed by atoms with E-state index in [-0.39, 0.29) is 0 Å². The van der Waals surface area contributed by atoms with Gasteiger partial charge in [0.2, 0.25) is 0 Å². The summed E-state index contributed by atoms with van der Waals surface area (Å²) in [5, 5.41) is 0. The second-order valence-corrected chi connectivity index (χ2v) is 5.88. The van der Waals surface area contributed by atoms with E-state index in [1.807, 2.05) is 13.0 Å². The van der Waals surface area contributed by atoms with Crippen LogP contribution in [0.25, 0.3) is 11.1 Å². The van der Waals surface area contributed by atoms with Crippen LogP contribution in [0.2, 0.25) is 0 Å². The molecule has 0 saturated carbocycles. The van der Waals surface area contributed by atoms with E-state index in [0.717, 1.165) is 17.7 Å². The van der Waals surface area contributed by atoms with E-state index in [0.29, 0.717) is 16.0 Å². The largest absolute Gasteiger partial charge is 0.416 e. The van der Waals surface area contributed by atoms with Gasteiger partial charge in [0.25, 0.3) is 0 Å². The molecule has 0 bridgehead atoms. The number of rotatable bonds is 2. The third-order valence-corrected chi connectivity index (χ3v) is 3.93. The van der Waals surface area contributed by atoms with E-state index in [4.69, 9.17) is 0 Å². The highest BCUT2D eigenvalue weighted by atomic mass is 32.2. The molecule has 0 spiro atoms. The van der Waals surface area contributed by atoms with Crippen LogP contribution in [-0.2, 0) is 17.0 Å². The van der Waals surface area contributed by atoms with E-state index in [2.05, 4.69) is 0 Å². The summed E-state index contributed by atoms with van der Waals surface area (Å²) in [6.07, 6.45) is -2.79. The van der Waals surface area contributed by atoms with Gasteiger partial charge in [-0.2, -0.15) is 13.2 Å². The lowest BCUT2D eigenvalue weighted by Crippen LogP contribution is -2.04. The van der Waals surface area contributed by atoms with E-state index in [9.17, 15) is 17.4 Å². The van der Waals surface area contributed by atoms with Crippen molar-refractivity contribution in [1.29, 1.82) is 0 Å². The number of benzene rings is 2. The van der Waals surface area contributed by atoms with Crippen LogP contribution in [0.3, 0.4) is 0 Å². The first-order chi connectivity index (χ1) is 9.29. The lowest BCUT2D eigenvalue weighted by molar-refractivity contribution is -0.137. The van der Waals surface area contributed by atoms with E-state index in [1.165, 1.54) is 12.1 Å². The Morgan fingerprint density at radius 3 is 2.10 bits per heavy atom. The molecule has 0 saturated heterocycles. The van der Waals surface area contributed by atoms with Crippen molar-refractivity contribution in [3.05, 3.63) is 53.6 Å². The van der Waals surface area contributed by atoms with Gasteiger partial charge in [0.15, 0.2) is 0 Å². The maximum Gasteiger partial charge on any atom is 0.416 e. The highest BCUT2D eigenvalue weighted by Gasteiger charge is 2.30. The maximum atomic E-state index is 12.5. The van der Waals surface area contributed by atoms with E-state index in [1.54, 1.807) is 18.4 Å². The van der Waals surface area contributed by atoms with Gasteiger partial charge in [0.1, 0.15) is 0 Å². The van der Waals surface area contributed by atoms with Gasteiger partial charge < -0.3 is 0 Å². The molecule has 0 N–H and O–H groups in total. The molecule has 0 heterocycles. The Morgan fingerprint density at radius 2 is 1.60 bits per heavy atom. The van der Waals surface area contributed by atoms with Gasteiger partial charge in [-0.3, -0.25) is 4.21 Å². The first-order valence-electron chi connectivity index (χ1n) is 5.91. The van der Waals surface area contributed by atoms with E-state index < -0.39 is 22.5 Å². The average Bonchev–Trinajstić information content (AvgIpc) is 2.37. The zero-order chi connectivity index (χ0) is 14.9. The minimum absolute atomic E-state index is 0.628. The van der Waals surface area contributed by atoms with Crippen LogP contribution in [0, 0.1) is 6.92 Å². The predicted octanol–water partition coefficient (Wildman–Crippen LogP) is 4.42. The summed E-state index contributed by atoms with van der Waals surface area (Å²) in [6, 6.07) is 10.3. The molecule has 1 unspecified atom stereocenters. The molecular weight excluding hydrogens is 285 g/mol. The molecule has 0 aromatic heterocycles. The topological polar surface area (TPSA) is 17.1 Å². The molecule has 5 heteroatoms. The Balaban J connectivity index is 2.50. The molecule has 2 aromatic rings. The number of hydrogen-bond donors (Lipinski definition) is 0. The fourth-order valence-corrected chi connectivity index (χ4v) is 2.79. The summed E-state index contributed by atoms with van der Waals surface area (Å²) < 4.78 is 49.4. The highest BCUT2D eigenvalue weighted by Crippen LogP contribution is 2.32. The molecule has 0 aliphatic carbocycles. The van der Waals surface area contributed by atoms with Crippen molar-refractivity contribution in [3.63, 3.8) is 0 Å². The van der Waals surface area contributed by atoms with Crippen LogP contribution in [0.4, 0.5) is 13.2 Å². The maximum absolute atomic E-state index is 12.5. The fourth-order valence-electron chi connectivity index (χ4n) is 1.94. The SMILES string of the molecule is Cc1ccc(-c2ccc(C(F)(F)F)cc2)c(S(C)=O)c1. The minimum Gasteiger partial charge on any atom is -0.255 e. The molecular formula is C15H13F3OS. The summed E-state index contributed by atoms with van der Waals surface area (Å²) in [7, 11) is -1.20. The zero-order valence-electron chi connectivity index (χ0n) is 11.0.